The third-order valence-electron chi connectivity index (χ3n) is 5.07. The van der Waals surface area contributed by atoms with Gasteiger partial charge in [0.05, 0.1) is 0 Å². The average molecular weight is 274 g/mol. The molecule has 2 nitrogen and oxygen atoms in total. The molecule has 1 aromatic rings. The average Bonchev–Trinajstić information content (AvgIpc) is 2.40. The first-order valence-corrected chi connectivity index (χ1v) is 8.18. The van der Waals surface area contributed by atoms with Crippen molar-refractivity contribution in [2.75, 3.05) is 6.54 Å². The highest BCUT2D eigenvalue weighted by molar-refractivity contribution is 5.19. The summed E-state index contributed by atoms with van der Waals surface area (Å²) in [5.41, 5.74) is 3.04. The molecule has 2 unspecified atom stereocenters. The molecule has 2 rings (SSSR count). The van der Waals surface area contributed by atoms with Crippen LogP contribution in [0.15, 0.2) is 18.3 Å². The van der Waals surface area contributed by atoms with Crippen molar-refractivity contribution in [1.29, 1.82) is 0 Å². The highest BCUT2D eigenvalue weighted by Crippen LogP contribution is 2.42. The quantitative estimate of drug-likeness (QED) is 0.873. The Hall–Kier alpha value is -0.890. The lowest BCUT2D eigenvalue weighted by atomic mass is 9.65. The van der Waals surface area contributed by atoms with Crippen LogP contribution in [0.3, 0.4) is 0 Å². The molecular formula is C18H30N2. The van der Waals surface area contributed by atoms with Crippen LogP contribution in [0.4, 0.5) is 0 Å². The Morgan fingerprint density at radius 2 is 2.20 bits per heavy atom. The Labute approximate surface area is 124 Å². The second kappa shape index (κ2) is 6.71. The number of hydrogen-bond donors (Lipinski definition) is 1. The maximum atomic E-state index is 4.60. The van der Waals surface area contributed by atoms with Crippen LogP contribution in [0.2, 0.25) is 0 Å². The molecule has 0 amide bonds. The second-order valence-corrected chi connectivity index (χ2v) is 6.98. The number of aromatic nitrogens is 1. The minimum atomic E-state index is 0.452. The summed E-state index contributed by atoms with van der Waals surface area (Å²) < 4.78 is 0. The van der Waals surface area contributed by atoms with Gasteiger partial charge >= 0.3 is 0 Å². The summed E-state index contributed by atoms with van der Waals surface area (Å²) in [7, 11) is 0. The van der Waals surface area contributed by atoms with Gasteiger partial charge in [-0.2, -0.15) is 0 Å². The molecule has 0 spiro atoms. The predicted molar refractivity (Wildman–Crippen MR) is 85.9 cm³/mol. The van der Waals surface area contributed by atoms with Gasteiger partial charge in [0.2, 0.25) is 0 Å². The van der Waals surface area contributed by atoms with Gasteiger partial charge in [0.15, 0.2) is 0 Å². The molecule has 1 saturated carbocycles. The predicted octanol–water partition coefficient (Wildman–Crippen LogP) is 4.13. The normalized spacial score (nSPS) is 23.5. The summed E-state index contributed by atoms with van der Waals surface area (Å²) in [6.07, 6.45) is 8.49. The van der Waals surface area contributed by atoms with Crippen molar-refractivity contribution in [2.24, 2.45) is 11.3 Å². The fourth-order valence-electron chi connectivity index (χ4n) is 3.83. The van der Waals surface area contributed by atoms with Crippen LogP contribution in [0.5, 0.6) is 0 Å². The van der Waals surface area contributed by atoms with Crippen molar-refractivity contribution in [1.82, 2.24) is 10.3 Å². The van der Waals surface area contributed by atoms with Gasteiger partial charge in [-0.3, -0.25) is 4.98 Å². The van der Waals surface area contributed by atoms with E-state index < -0.39 is 0 Å². The minimum absolute atomic E-state index is 0.452. The summed E-state index contributed by atoms with van der Waals surface area (Å²) in [5.74, 6) is 0.762. The summed E-state index contributed by atoms with van der Waals surface area (Å²) in [5, 5.41) is 3.74. The summed E-state index contributed by atoms with van der Waals surface area (Å²) >= 11 is 0. The van der Waals surface area contributed by atoms with E-state index in [0.29, 0.717) is 11.5 Å². The zero-order valence-corrected chi connectivity index (χ0v) is 13.6. The topological polar surface area (TPSA) is 24.9 Å². The molecule has 1 aliphatic rings. The Balaban J connectivity index is 2.16. The number of nitrogens with zero attached hydrogens (tertiary/aromatic N) is 1. The van der Waals surface area contributed by atoms with Crippen molar-refractivity contribution < 1.29 is 0 Å². The van der Waals surface area contributed by atoms with Crippen molar-refractivity contribution in [3.8, 4) is 0 Å². The molecule has 0 saturated heterocycles. The molecule has 0 radical (unpaired) electrons. The number of aryl methyl sites for hydroxylation is 1. The fraction of sp³-hybridized carbons (Fsp3) is 0.722. The van der Waals surface area contributed by atoms with E-state index in [2.05, 4.69) is 44.1 Å². The summed E-state index contributed by atoms with van der Waals surface area (Å²) in [6.45, 7) is 10.3. The maximum absolute atomic E-state index is 4.60. The van der Waals surface area contributed by atoms with E-state index in [1.54, 1.807) is 0 Å². The standard InChI is InChI=1S/C18H30N2/c1-5-19-17(13-16-14(2)9-8-12-20-16)15-10-6-7-11-18(15,3)4/h8-9,12,15,17,19H,5-7,10-11,13H2,1-4H3. The Morgan fingerprint density at radius 3 is 2.85 bits per heavy atom. The molecule has 0 aromatic carbocycles. The molecule has 0 bridgehead atoms. The zero-order chi connectivity index (χ0) is 14.6. The van der Waals surface area contributed by atoms with E-state index in [0.717, 1.165) is 18.9 Å². The van der Waals surface area contributed by atoms with Gasteiger partial charge in [-0.1, -0.05) is 39.7 Å². The van der Waals surface area contributed by atoms with Gasteiger partial charge in [-0.25, -0.2) is 0 Å². The van der Waals surface area contributed by atoms with Gasteiger partial charge in [-0.05, 0) is 49.3 Å². The SMILES string of the molecule is CCNC(Cc1ncccc1C)C1CCCCC1(C)C. The maximum Gasteiger partial charge on any atom is 0.0448 e. The summed E-state index contributed by atoms with van der Waals surface area (Å²) in [6, 6.07) is 4.77. The van der Waals surface area contributed by atoms with Gasteiger partial charge in [-0.15, -0.1) is 0 Å². The van der Waals surface area contributed by atoms with E-state index in [9.17, 15) is 0 Å². The van der Waals surface area contributed by atoms with Gasteiger partial charge in [0, 0.05) is 24.4 Å². The highest BCUT2D eigenvalue weighted by atomic mass is 14.9. The lowest BCUT2D eigenvalue weighted by Gasteiger charge is -2.43. The van der Waals surface area contributed by atoms with Crippen LogP contribution in [0.25, 0.3) is 0 Å². The largest absolute Gasteiger partial charge is 0.314 e. The van der Waals surface area contributed by atoms with Crippen LogP contribution in [-0.2, 0) is 6.42 Å². The number of nitrogens with one attached hydrogen (secondary N) is 1. The van der Waals surface area contributed by atoms with Crippen molar-refractivity contribution >= 4 is 0 Å². The second-order valence-electron chi connectivity index (χ2n) is 6.98. The molecule has 112 valence electrons. The Kier molecular flexibility index (Phi) is 5.20. The minimum Gasteiger partial charge on any atom is -0.314 e. The number of rotatable bonds is 5. The number of likely N-dealkylation sites (N-methyl/N-ethyl adjacent to an activating group) is 1. The van der Waals surface area contributed by atoms with Gasteiger partial charge in [0.1, 0.15) is 0 Å². The van der Waals surface area contributed by atoms with E-state index in [4.69, 9.17) is 0 Å². The van der Waals surface area contributed by atoms with Crippen molar-refractivity contribution in [3.05, 3.63) is 29.6 Å². The lowest BCUT2D eigenvalue weighted by molar-refractivity contribution is 0.0983. The molecule has 1 aliphatic carbocycles. The van der Waals surface area contributed by atoms with Gasteiger partial charge < -0.3 is 5.32 Å². The molecule has 1 N–H and O–H groups in total. The van der Waals surface area contributed by atoms with Crippen LogP contribution < -0.4 is 5.32 Å². The van der Waals surface area contributed by atoms with Crippen molar-refractivity contribution in [2.45, 2.75) is 65.8 Å². The highest BCUT2D eigenvalue weighted by Gasteiger charge is 2.37. The monoisotopic (exact) mass is 274 g/mol. The van der Waals surface area contributed by atoms with E-state index >= 15 is 0 Å². The molecule has 1 aromatic heterocycles. The van der Waals surface area contributed by atoms with Crippen LogP contribution in [-0.4, -0.2) is 17.6 Å². The van der Waals surface area contributed by atoms with E-state index in [-0.39, 0.29) is 0 Å². The third-order valence-corrected chi connectivity index (χ3v) is 5.07. The smallest absolute Gasteiger partial charge is 0.0448 e. The zero-order valence-electron chi connectivity index (χ0n) is 13.6. The molecule has 1 fully saturated rings. The van der Waals surface area contributed by atoms with E-state index in [1.165, 1.54) is 36.9 Å². The number of pyridine rings is 1. The first kappa shape index (κ1) is 15.5. The van der Waals surface area contributed by atoms with E-state index in [1.807, 2.05) is 12.3 Å². The molecule has 20 heavy (non-hydrogen) atoms. The summed E-state index contributed by atoms with van der Waals surface area (Å²) in [4.78, 5) is 4.60. The lowest BCUT2D eigenvalue weighted by Crippen LogP contribution is -2.46. The number of hydrogen-bond acceptors (Lipinski definition) is 2. The fourth-order valence-corrected chi connectivity index (χ4v) is 3.83. The molecule has 1 heterocycles. The van der Waals surface area contributed by atoms with Crippen LogP contribution >= 0.6 is 0 Å². The van der Waals surface area contributed by atoms with Crippen LogP contribution in [0.1, 0.15) is 57.7 Å². The van der Waals surface area contributed by atoms with Gasteiger partial charge in [0.25, 0.3) is 0 Å². The Morgan fingerprint density at radius 1 is 1.40 bits per heavy atom. The van der Waals surface area contributed by atoms with Crippen molar-refractivity contribution in [3.63, 3.8) is 0 Å². The first-order valence-electron chi connectivity index (χ1n) is 8.18. The molecule has 2 atom stereocenters. The third kappa shape index (κ3) is 3.60. The Bertz CT molecular complexity index is 425. The molecular weight excluding hydrogens is 244 g/mol. The van der Waals surface area contributed by atoms with Crippen LogP contribution in [0, 0.1) is 18.3 Å². The molecule has 0 aliphatic heterocycles. The first-order chi connectivity index (χ1) is 9.54. The molecule has 2 heteroatoms.